The molecular formula is C10H15N3O4S. The molecule has 0 fully saturated rings. The number of sulfonamides is 1. The summed E-state index contributed by atoms with van der Waals surface area (Å²) in [7, 11) is -3.59. The van der Waals surface area contributed by atoms with E-state index >= 15 is 0 Å². The Labute approximate surface area is 106 Å². The molecule has 0 aliphatic rings. The maximum Gasteiger partial charge on any atom is 0.303 e. The zero-order valence-corrected chi connectivity index (χ0v) is 10.7. The molecule has 100 valence electrons. The lowest BCUT2D eigenvalue weighted by Gasteiger charge is -2.19. The van der Waals surface area contributed by atoms with Crippen molar-refractivity contribution in [2.45, 2.75) is 25.7 Å². The second-order valence-corrected chi connectivity index (χ2v) is 5.62. The quantitative estimate of drug-likeness (QED) is 0.645. The summed E-state index contributed by atoms with van der Waals surface area (Å²) in [6.45, 7) is 0.0706. The zero-order chi connectivity index (χ0) is 14.0. The van der Waals surface area contributed by atoms with Crippen molar-refractivity contribution < 1.29 is 18.3 Å². The van der Waals surface area contributed by atoms with E-state index < -0.39 is 16.0 Å². The van der Waals surface area contributed by atoms with Crippen molar-refractivity contribution in [2.75, 3.05) is 18.8 Å². The third-order valence-corrected chi connectivity index (χ3v) is 4.09. The number of nitriles is 2. The molecule has 0 bridgehead atoms. The third-order valence-electron chi connectivity index (χ3n) is 2.13. The summed E-state index contributed by atoms with van der Waals surface area (Å²) in [5, 5.41) is 25.3. The average Bonchev–Trinajstić information content (AvgIpc) is 2.28. The fourth-order valence-electron chi connectivity index (χ4n) is 1.27. The van der Waals surface area contributed by atoms with Gasteiger partial charge in [0.05, 0.1) is 17.9 Å². The summed E-state index contributed by atoms with van der Waals surface area (Å²) < 4.78 is 24.7. The molecule has 0 rings (SSSR count). The van der Waals surface area contributed by atoms with Gasteiger partial charge >= 0.3 is 5.97 Å². The minimum absolute atomic E-state index is 0.0211. The lowest BCUT2D eigenvalue weighted by Crippen LogP contribution is -2.34. The Morgan fingerprint density at radius 3 is 2.06 bits per heavy atom. The molecule has 1 N–H and O–H groups in total. The van der Waals surface area contributed by atoms with E-state index in [1.54, 1.807) is 0 Å². The maximum absolute atomic E-state index is 11.8. The predicted octanol–water partition coefficient (Wildman–Crippen LogP) is 0.310. The fourth-order valence-corrected chi connectivity index (χ4v) is 2.78. The van der Waals surface area contributed by atoms with Crippen molar-refractivity contribution in [3.8, 4) is 12.1 Å². The average molecular weight is 273 g/mol. The topological polar surface area (TPSA) is 122 Å². The summed E-state index contributed by atoms with van der Waals surface area (Å²) in [4.78, 5) is 10.3. The highest BCUT2D eigenvalue weighted by Crippen LogP contribution is 2.07. The van der Waals surface area contributed by atoms with E-state index in [9.17, 15) is 13.2 Å². The molecule has 0 aliphatic heterocycles. The highest BCUT2D eigenvalue weighted by Gasteiger charge is 2.21. The number of hydrogen-bond donors (Lipinski definition) is 1. The Bertz CT molecular complexity index is 429. The van der Waals surface area contributed by atoms with Gasteiger partial charge in [-0.15, -0.1) is 0 Å². The first-order valence-corrected chi connectivity index (χ1v) is 6.98. The Hall–Kier alpha value is -1.64. The van der Waals surface area contributed by atoms with Crippen LogP contribution in [-0.2, 0) is 14.8 Å². The highest BCUT2D eigenvalue weighted by molar-refractivity contribution is 7.89. The van der Waals surface area contributed by atoms with Crippen molar-refractivity contribution in [3.05, 3.63) is 0 Å². The first-order valence-electron chi connectivity index (χ1n) is 5.37. The lowest BCUT2D eigenvalue weighted by atomic mass is 10.3. The maximum atomic E-state index is 11.8. The molecule has 0 aromatic rings. The molecule has 7 nitrogen and oxygen atoms in total. The van der Waals surface area contributed by atoms with E-state index in [2.05, 4.69) is 0 Å². The zero-order valence-electron chi connectivity index (χ0n) is 9.87. The predicted molar refractivity (Wildman–Crippen MR) is 62.7 cm³/mol. The molecular weight excluding hydrogens is 258 g/mol. The number of rotatable bonds is 9. The Kier molecular flexibility index (Phi) is 7.68. The monoisotopic (exact) mass is 273 g/mol. The second kappa shape index (κ2) is 8.45. The van der Waals surface area contributed by atoms with E-state index in [0.717, 1.165) is 4.31 Å². The minimum Gasteiger partial charge on any atom is -0.481 e. The largest absolute Gasteiger partial charge is 0.481 e. The normalized spacial score (nSPS) is 10.8. The van der Waals surface area contributed by atoms with Gasteiger partial charge in [-0.1, -0.05) is 0 Å². The van der Waals surface area contributed by atoms with Gasteiger partial charge in [0, 0.05) is 32.4 Å². The Balaban J connectivity index is 4.49. The van der Waals surface area contributed by atoms with Gasteiger partial charge in [0.25, 0.3) is 0 Å². The molecule has 0 radical (unpaired) electrons. The first kappa shape index (κ1) is 16.4. The van der Waals surface area contributed by atoms with Gasteiger partial charge in [-0.2, -0.15) is 14.8 Å². The van der Waals surface area contributed by atoms with Crippen LogP contribution in [0.4, 0.5) is 0 Å². The van der Waals surface area contributed by atoms with Crippen LogP contribution in [0.5, 0.6) is 0 Å². The number of carboxylic acid groups (broad SMARTS) is 1. The van der Waals surface area contributed by atoms with E-state index in [1.165, 1.54) is 0 Å². The van der Waals surface area contributed by atoms with E-state index in [0.29, 0.717) is 0 Å². The van der Waals surface area contributed by atoms with Gasteiger partial charge in [0.1, 0.15) is 0 Å². The molecule has 0 amide bonds. The molecule has 0 saturated heterocycles. The molecule has 0 unspecified atom stereocenters. The van der Waals surface area contributed by atoms with Crippen LogP contribution in [0.25, 0.3) is 0 Å². The third kappa shape index (κ3) is 6.84. The molecule has 0 saturated carbocycles. The van der Waals surface area contributed by atoms with Gasteiger partial charge in [-0.3, -0.25) is 4.79 Å². The van der Waals surface area contributed by atoms with Gasteiger partial charge < -0.3 is 5.11 Å². The van der Waals surface area contributed by atoms with Crippen molar-refractivity contribution in [1.29, 1.82) is 10.5 Å². The molecule has 0 atom stereocenters. The molecule has 18 heavy (non-hydrogen) atoms. The summed E-state index contributed by atoms with van der Waals surface area (Å²) in [5.74, 6) is -1.33. The Morgan fingerprint density at radius 2 is 1.67 bits per heavy atom. The van der Waals surface area contributed by atoms with Crippen LogP contribution >= 0.6 is 0 Å². The standard InChI is InChI=1S/C10H15N3O4S/c11-5-2-7-13(8-3-6-12)18(16,17)9-1-4-10(14)15/h1-4,7-9H2,(H,14,15). The van der Waals surface area contributed by atoms with Crippen LogP contribution in [-0.4, -0.2) is 42.6 Å². The van der Waals surface area contributed by atoms with Crippen LogP contribution in [0.1, 0.15) is 25.7 Å². The van der Waals surface area contributed by atoms with E-state index in [1.807, 2.05) is 12.1 Å². The van der Waals surface area contributed by atoms with Crippen molar-refractivity contribution in [1.82, 2.24) is 4.31 Å². The minimum atomic E-state index is -3.59. The SMILES string of the molecule is N#CCCN(CCC#N)S(=O)(=O)CCCC(=O)O. The number of aliphatic carboxylic acids is 1. The van der Waals surface area contributed by atoms with Crippen LogP contribution in [0, 0.1) is 22.7 Å². The summed E-state index contributed by atoms with van der Waals surface area (Å²) in [6.07, 6.45) is -0.107. The van der Waals surface area contributed by atoms with Crippen molar-refractivity contribution >= 4 is 16.0 Å². The molecule has 0 heterocycles. The molecule has 0 aliphatic carbocycles. The van der Waals surface area contributed by atoms with Crippen LogP contribution in [0.15, 0.2) is 0 Å². The van der Waals surface area contributed by atoms with E-state index in [4.69, 9.17) is 15.6 Å². The highest BCUT2D eigenvalue weighted by atomic mass is 32.2. The van der Waals surface area contributed by atoms with Gasteiger partial charge in [-0.25, -0.2) is 8.42 Å². The molecule has 0 aromatic carbocycles. The first-order chi connectivity index (χ1) is 8.44. The van der Waals surface area contributed by atoms with Crippen LogP contribution in [0.2, 0.25) is 0 Å². The van der Waals surface area contributed by atoms with E-state index in [-0.39, 0.29) is 44.5 Å². The molecule has 0 spiro atoms. The van der Waals surface area contributed by atoms with Gasteiger partial charge in [0.2, 0.25) is 10.0 Å². The lowest BCUT2D eigenvalue weighted by molar-refractivity contribution is -0.137. The molecule has 0 aromatic heterocycles. The van der Waals surface area contributed by atoms with Gasteiger partial charge in [-0.05, 0) is 6.42 Å². The smallest absolute Gasteiger partial charge is 0.303 e. The van der Waals surface area contributed by atoms with Crippen LogP contribution in [0.3, 0.4) is 0 Å². The number of carboxylic acids is 1. The number of nitrogens with zero attached hydrogens (tertiary/aromatic N) is 3. The van der Waals surface area contributed by atoms with Crippen LogP contribution < -0.4 is 0 Å². The number of carbonyl (C=O) groups is 1. The summed E-state index contributed by atoms with van der Waals surface area (Å²) in [5.41, 5.74) is 0. The Morgan fingerprint density at radius 1 is 1.17 bits per heavy atom. The second-order valence-electron chi connectivity index (χ2n) is 3.53. The number of hydrogen-bond acceptors (Lipinski definition) is 5. The summed E-state index contributed by atoms with van der Waals surface area (Å²) in [6, 6.07) is 3.68. The van der Waals surface area contributed by atoms with Gasteiger partial charge in [0.15, 0.2) is 0 Å². The molecule has 8 heteroatoms. The van der Waals surface area contributed by atoms with Crippen molar-refractivity contribution in [2.24, 2.45) is 0 Å². The van der Waals surface area contributed by atoms with Crippen molar-refractivity contribution in [3.63, 3.8) is 0 Å². The summed E-state index contributed by atoms with van der Waals surface area (Å²) >= 11 is 0. The fraction of sp³-hybridized carbons (Fsp3) is 0.700.